The molecule has 1 rings (SSSR count). The van der Waals surface area contributed by atoms with Gasteiger partial charge >= 0.3 is 0 Å². The summed E-state index contributed by atoms with van der Waals surface area (Å²) in [6, 6.07) is 5.64. The molecule has 0 aliphatic rings. The van der Waals surface area contributed by atoms with Gasteiger partial charge in [0.25, 0.3) is 0 Å². The van der Waals surface area contributed by atoms with Crippen LogP contribution in [0.1, 0.15) is 34.6 Å². The second kappa shape index (κ2) is 6.66. The lowest BCUT2D eigenvalue weighted by atomic mass is 10.0. The van der Waals surface area contributed by atoms with Gasteiger partial charge in [-0.3, -0.25) is 0 Å². The van der Waals surface area contributed by atoms with Crippen LogP contribution in [-0.4, -0.2) is 30.0 Å². The average Bonchev–Trinajstić information content (AvgIpc) is 2.32. The van der Waals surface area contributed by atoms with Gasteiger partial charge in [0.1, 0.15) is 0 Å². The molecule has 0 aliphatic heterocycles. The standard InChI is InChI=1S/C15H25NO3/c1-6-18-13-9-8-12(10-14(13)19-7-2)16-11(3)15(4,5)17/h8-11,16-17H,6-7H2,1-5H3. The van der Waals surface area contributed by atoms with Gasteiger partial charge in [-0.25, -0.2) is 0 Å². The Morgan fingerprint density at radius 2 is 1.74 bits per heavy atom. The summed E-state index contributed by atoms with van der Waals surface area (Å²) in [4.78, 5) is 0. The highest BCUT2D eigenvalue weighted by Crippen LogP contribution is 2.31. The van der Waals surface area contributed by atoms with E-state index in [1.165, 1.54) is 0 Å². The van der Waals surface area contributed by atoms with Crippen molar-refractivity contribution in [3.05, 3.63) is 18.2 Å². The number of aliphatic hydroxyl groups is 1. The number of hydrogen-bond donors (Lipinski definition) is 2. The van der Waals surface area contributed by atoms with Crippen molar-refractivity contribution in [2.45, 2.75) is 46.3 Å². The van der Waals surface area contributed by atoms with E-state index >= 15 is 0 Å². The summed E-state index contributed by atoms with van der Waals surface area (Å²) >= 11 is 0. The Labute approximate surface area is 115 Å². The predicted molar refractivity (Wildman–Crippen MR) is 78.2 cm³/mol. The summed E-state index contributed by atoms with van der Waals surface area (Å²) in [6.07, 6.45) is 0. The molecule has 1 aromatic carbocycles. The molecule has 4 nitrogen and oxygen atoms in total. The van der Waals surface area contributed by atoms with Crippen molar-refractivity contribution in [2.24, 2.45) is 0 Å². The second-order valence-electron chi connectivity index (χ2n) is 5.05. The maximum atomic E-state index is 9.94. The largest absolute Gasteiger partial charge is 0.490 e. The van der Waals surface area contributed by atoms with Gasteiger partial charge in [0, 0.05) is 11.8 Å². The third-order valence-electron chi connectivity index (χ3n) is 2.99. The van der Waals surface area contributed by atoms with E-state index in [2.05, 4.69) is 5.32 Å². The lowest BCUT2D eigenvalue weighted by Gasteiger charge is -2.28. The molecule has 4 heteroatoms. The fourth-order valence-corrected chi connectivity index (χ4v) is 1.57. The minimum Gasteiger partial charge on any atom is -0.490 e. The molecule has 1 unspecified atom stereocenters. The number of ether oxygens (including phenoxy) is 2. The zero-order valence-corrected chi connectivity index (χ0v) is 12.5. The molecule has 0 amide bonds. The van der Waals surface area contributed by atoms with Crippen LogP contribution in [-0.2, 0) is 0 Å². The summed E-state index contributed by atoms with van der Waals surface area (Å²) in [6.45, 7) is 10.6. The molecule has 0 aromatic heterocycles. The summed E-state index contributed by atoms with van der Waals surface area (Å²) in [7, 11) is 0. The zero-order valence-electron chi connectivity index (χ0n) is 12.5. The molecule has 0 spiro atoms. The van der Waals surface area contributed by atoms with Crippen molar-refractivity contribution in [1.82, 2.24) is 0 Å². The highest BCUT2D eigenvalue weighted by molar-refractivity contribution is 5.55. The van der Waals surface area contributed by atoms with Crippen LogP contribution in [0.4, 0.5) is 5.69 Å². The zero-order chi connectivity index (χ0) is 14.5. The van der Waals surface area contributed by atoms with Crippen molar-refractivity contribution in [2.75, 3.05) is 18.5 Å². The van der Waals surface area contributed by atoms with Gasteiger partial charge in [0.15, 0.2) is 11.5 Å². The van der Waals surface area contributed by atoms with Crippen molar-refractivity contribution in [3.63, 3.8) is 0 Å². The van der Waals surface area contributed by atoms with Crippen molar-refractivity contribution in [3.8, 4) is 11.5 Å². The number of anilines is 1. The maximum absolute atomic E-state index is 9.94. The first-order valence-corrected chi connectivity index (χ1v) is 6.77. The average molecular weight is 267 g/mol. The number of rotatable bonds is 7. The first-order chi connectivity index (χ1) is 8.88. The van der Waals surface area contributed by atoms with Crippen LogP contribution in [0.5, 0.6) is 11.5 Å². The first-order valence-electron chi connectivity index (χ1n) is 6.77. The predicted octanol–water partition coefficient (Wildman–Crippen LogP) is 3.06. The van der Waals surface area contributed by atoms with Gasteiger partial charge in [0.2, 0.25) is 0 Å². The SMILES string of the molecule is CCOc1ccc(NC(C)C(C)(C)O)cc1OCC. The van der Waals surface area contributed by atoms with Gasteiger partial charge in [-0.15, -0.1) is 0 Å². The van der Waals surface area contributed by atoms with Crippen LogP contribution in [0.3, 0.4) is 0 Å². The quantitative estimate of drug-likeness (QED) is 0.797. The Hall–Kier alpha value is -1.42. The third-order valence-corrected chi connectivity index (χ3v) is 2.99. The highest BCUT2D eigenvalue weighted by Gasteiger charge is 2.22. The summed E-state index contributed by atoms with van der Waals surface area (Å²) < 4.78 is 11.1. The topological polar surface area (TPSA) is 50.7 Å². The van der Waals surface area contributed by atoms with E-state index in [4.69, 9.17) is 9.47 Å². The molecule has 0 bridgehead atoms. The normalized spacial score (nSPS) is 12.9. The molecule has 0 heterocycles. The molecule has 1 atom stereocenters. The van der Waals surface area contributed by atoms with E-state index < -0.39 is 5.60 Å². The summed E-state index contributed by atoms with van der Waals surface area (Å²) in [5, 5.41) is 13.2. The van der Waals surface area contributed by atoms with E-state index in [0.29, 0.717) is 13.2 Å². The Bertz CT molecular complexity index is 399. The molecule has 0 radical (unpaired) electrons. The van der Waals surface area contributed by atoms with Gasteiger partial charge < -0.3 is 19.9 Å². The lowest BCUT2D eigenvalue weighted by molar-refractivity contribution is 0.0649. The minimum atomic E-state index is -0.787. The van der Waals surface area contributed by atoms with E-state index in [-0.39, 0.29) is 6.04 Å². The Morgan fingerprint density at radius 3 is 2.26 bits per heavy atom. The Morgan fingerprint density at radius 1 is 1.16 bits per heavy atom. The lowest BCUT2D eigenvalue weighted by Crippen LogP contribution is -2.39. The fraction of sp³-hybridized carbons (Fsp3) is 0.600. The van der Waals surface area contributed by atoms with E-state index in [1.54, 1.807) is 13.8 Å². The smallest absolute Gasteiger partial charge is 0.163 e. The molecule has 0 saturated carbocycles. The Balaban J connectivity index is 2.88. The number of nitrogens with one attached hydrogen (secondary N) is 1. The maximum Gasteiger partial charge on any atom is 0.163 e. The minimum absolute atomic E-state index is 0.0695. The highest BCUT2D eigenvalue weighted by atomic mass is 16.5. The monoisotopic (exact) mass is 267 g/mol. The van der Waals surface area contributed by atoms with Crippen molar-refractivity contribution >= 4 is 5.69 Å². The van der Waals surface area contributed by atoms with E-state index in [1.807, 2.05) is 39.0 Å². The molecular formula is C15H25NO3. The van der Waals surface area contributed by atoms with E-state index in [0.717, 1.165) is 17.2 Å². The molecule has 108 valence electrons. The van der Waals surface area contributed by atoms with Crippen LogP contribution >= 0.6 is 0 Å². The number of benzene rings is 1. The van der Waals surface area contributed by atoms with Gasteiger partial charge in [-0.2, -0.15) is 0 Å². The van der Waals surface area contributed by atoms with Crippen LogP contribution in [0.15, 0.2) is 18.2 Å². The van der Waals surface area contributed by atoms with Crippen molar-refractivity contribution in [1.29, 1.82) is 0 Å². The molecular weight excluding hydrogens is 242 g/mol. The molecule has 19 heavy (non-hydrogen) atoms. The van der Waals surface area contributed by atoms with Crippen LogP contribution < -0.4 is 14.8 Å². The molecule has 2 N–H and O–H groups in total. The van der Waals surface area contributed by atoms with Gasteiger partial charge in [-0.1, -0.05) is 0 Å². The third kappa shape index (κ3) is 4.63. The molecule has 0 saturated heterocycles. The summed E-state index contributed by atoms with van der Waals surface area (Å²) in [5.74, 6) is 1.46. The fourth-order valence-electron chi connectivity index (χ4n) is 1.57. The molecule has 1 aromatic rings. The first kappa shape index (κ1) is 15.6. The molecule has 0 aliphatic carbocycles. The van der Waals surface area contributed by atoms with Crippen LogP contribution in [0, 0.1) is 0 Å². The Kier molecular flexibility index (Phi) is 5.48. The summed E-state index contributed by atoms with van der Waals surface area (Å²) in [5.41, 5.74) is 0.117. The van der Waals surface area contributed by atoms with Gasteiger partial charge in [0.05, 0.1) is 24.9 Å². The molecule has 0 fully saturated rings. The number of hydrogen-bond acceptors (Lipinski definition) is 4. The second-order valence-corrected chi connectivity index (χ2v) is 5.05. The van der Waals surface area contributed by atoms with Crippen molar-refractivity contribution < 1.29 is 14.6 Å². The van der Waals surface area contributed by atoms with Crippen LogP contribution in [0.25, 0.3) is 0 Å². The van der Waals surface area contributed by atoms with Crippen LogP contribution in [0.2, 0.25) is 0 Å². The van der Waals surface area contributed by atoms with E-state index in [9.17, 15) is 5.11 Å². The van der Waals surface area contributed by atoms with Gasteiger partial charge in [-0.05, 0) is 46.8 Å².